The Morgan fingerprint density at radius 3 is 2.33 bits per heavy atom. The topological polar surface area (TPSA) is 24.5 Å². The highest BCUT2D eigenvalue weighted by atomic mass is 16.5. The average Bonchev–Trinajstić information content (AvgIpc) is 3.30. The van der Waals surface area contributed by atoms with Crippen molar-refractivity contribution in [2.75, 3.05) is 26.7 Å². The van der Waals surface area contributed by atoms with E-state index in [1.165, 1.54) is 24.9 Å². The van der Waals surface area contributed by atoms with Gasteiger partial charge >= 0.3 is 0 Å². The van der Waals surface area contributed by atoms with E-state index < -0.39 is 0 Å². The number of methoxy groups -OCH3 is 1. The van der Waals surface area contributed by atoms with Crippen LogP contribution < -0.4 is 10.1 Å². The maximum atomic E-state index is 5.26. The quantitative estimate of drug-likeness (QED) is 0.753. The number of benzene rings is 1. The minimum atomic E-state index is 0.403. The van der Waals surface area contributed by atoms with Gasteiger partial charge in [-0.15, -0.1) is 0 Å². The fraction of sp³-hybridized carbons (Fsp3) is 0.667. The Morgan fingerprint density at radius 1 is 1.19 bits per heavy atom. The van der Waals surface area contributed by atoms with Crippen LogP contribution >= 0.6 is 0 Å². The first kappa shape index (κ1) is 16.3. The average molecular weight is 290 g/mol. The molecule has 0 aliphatic heterocycles. The lowest BCUT2D eigenvalue weighted by Gasteiger charge is -2.29. The molecule has 1 aromatic rings. The van der Waals surface area contributed by atoms with E-state index in [-0.39, 0.29) is 0 Å². The molecule has 21 heavy (non-hydrogen) atoms. The SMILES string of the molecule is CCNC(CN(CC(C)C)C1CC1)c1ccc(OC)cc1. The first-order valence-corrected chi connectivity index (χ1v) is 8.25. The third-order valence-corrected chi connectivity index (χ3v) is 4.05. The first-order chi connectivity index (χ1) is 10.1. The second kappa shape index (κ2) is 7.81. The van der Waals surface area contributed by atoms with Gasteiger partial charge in [0.2, 0.25) is 0 Å². The van der Waals surface area contributed by atoms with Gasteiger partial charge in [-0.3, -0.25) is 4.90 Å². The molecule has 0 saturated heterocycles. The van der Waals surface area contributed by atoms with E-state index in [4.69, 9.17) is 4.74 Å². The third-order valence-electron chi connectivity index (χ3n) is 4.05. The zero-order valence-electron chi connectivity index (χ0n) is 13.9. The van der Waals surface area contributed by atoms with Crippen LogP contribution in [0.2, 0.25) is 0 Å². The highest BCUT2D eigenvalue weighted by Crippen LogP contribution is 2.30. The molecule has 1 aromatic carbocycles. The van der Waals surface area contributed by atoms with E-state index in [9.17, 15) is 0 Å². The first-order valence-electron chi connectivity index (χ1n) is 8.25. The normalized spacial score (nSPS) is 16.5. The molecular weight excluding hydrogens is 260 g/mol. The molecule has 1 fully saturated rings. The van der Waals surface area contributed by atoms with Crippen LogP contribution in [0.4, 0.5) is 0 Å². The molecule has 1 aliphatic carbocycles. The number of nitrogens with one attached hydrogen (secondary N) is 1. The summed E-state index contributed by atoms with van der Waals surface area (Å²) < 4.78 is 5.26. The van der Waals surface area contributed by atoms with Crippen molar-refractivity contribution < 1.29 is 4.74 Å². The van der Waals surface area contributed by atoms with E-state index in [1.54, 1.807) is 7.11 Å². The largest absolute Gasteiger partial charge is 0.497 e. The molecule has 0 spiro atoms. The fourth-order valence-electron chi connectivity index (χ4n) is 2.89. The Kier molecular flexibility index (Phi) is 6.07. The maximum absolute atomic E-state index is 5.26. The van der Waals surface area contributed by atoms with E-state index in [2.05, 4.69) is 55.3 Å². The van der Waals surface area contributed by atoms with Crippen LogP contribution in [0.25, 0.3) is 0 Å². The van der Waals surface area contributed by atoms with Crippen LogP contribution in [0.3, 0.4) is 0 Å². The van der Waals surface area contributed by atoms with Gasteiger partial charge < -0.3 is 10.1 Å². The lowest BCUT2D eigenvalue weighted by Crippen LogP contribution is -2.38. The van der Waals surface area contributed by atoms with E-state index in [1.807, 2.05) is 0 Å². The minimum absolute atomic E-state index is 0.403. The van der Waals surface area contributed by atoms with E-state index >= 15 is 0 Å². The van der Waals surface area contributed by atoms with Crippen molar-refractivity contribution in [3.63, 3.8) is 0 Å². The zero-order chi connectivity index (χ0) is 15.2. The Balaban J connectivity index is 2.05. The molecule has 118 valence electrons. The molecule has 1 N–H and O–H groups in total. The molecule has 1 saturated carbocycles. The molecule has 0 amide bonds. The summed E-state index contributed by atoms with van der Waals surface area (Å²) in [5.74, 6) is 1.65. The van der Waals surface area contributed by atoms with Crippen LogP contribution in [-0.4, -0.2) is 37.7 Å². The summed E-state index contributed by atoms with van der Waals surface area (Å²) in [5, 5.41) is 3.64. The lowest BCUT2D eigenvalue weighted by atomic mass is 10.0. The number of rotatable bonds is 9. The van der Waals surface area contributed by atoms with Gasteiger partial charge in [0, 0.05) is 25.2 Å². The molecule has 1 unspecified atom stereocenters. The molecule has 3 nitrogen and oxygen atoms in total. The molecule has 0 heterocycles. The van der Waals surface area contributed by atoms with Crippen LogP contribution in [-0.2, 0) is 0 Å². The highest BCUT2D eigenvalue weighted by molar-refractivity contribution is 5.29. The summed E-state index contributed by atoms with van der Waals surface area (Å²) in [6.07, 6.45) is 2.74. The van der Waals surface area contributed by atoms with Gasteiger partial charge in [-0.2, -0.15) is 0 Å². The summed E-state index contributed by atoms with van der Waals surface area (Å²) in [5.41, 5.74) is 1.35. The van der Waals surface area contributed by atoms with Crippen molar-refractivity contribution in [3.05, 3.63) is 29.8 Å². The van der Waals surface area contributed by atoms with Gasteiger partial charge in [0.15, 0.2) is 0 Å². The Hall–Kier alpha value is -1.06. The molecule has 0 aromatic heterocycles. The minimum Gasteiger partial charge on any atom is -0.497 e. The van der Waals surface area contributed by atoms with Crippen LogP contribution in [0, 0.1) is 5.92 Å². The Bertz CT molecular complexity index is 412. The standard InChI is InChI=1S/C18H30N2O/c1-5-19-18(15-6-10-17(21-4)11-7-15)13-20(12-14(2)3)16-8-9-16/h6-7,10-11,14,16,18-19H,5,8-9,12-13H2,1-4H3. The second-order valence-electron chi connectivity index (χ2n) is 6.46. The molecule has 1 atom stereocenters. The lowest BCUT2D eigenvalue weighted by molar-refractivity contribution is 0.210. The van der Waals surface area contributed by atoms with E-state index in [0.29, 0.717) is 6.04 Å². The van der Waals surface area contributed by atoms with Crippen molar-refractivity contribution in [1.82, 2.24) is 10.2 Å². The summed E-state index contributed by atoms with van der Waals surface area (Å²) in [4.78, 5) is 2.67. The van der Waals surface area contributed by atoms with E-state index in [0.717, 1.165) is 30.8 Å². The molecule has 2 rings (SSSR count). The highest BCUT2D eigenvalue weighted by Gasteiger charge is 2.30. The zero-order valence-corrected chi connectivity index (χ0v) is 13.9. The molecule has 0 radical (unpaired) electrons. The van der Waals surface area contributed by atoms with Crippen molar-refractivity contribution in [1.29, 1.82) is 0 Å². The maximum Gasteiger partial charge on any atom is 0.118 e. The number of hydrogen-bond donors (Lipinski definition) is 1. The second-order valence-corrected chi connectivity index (χ2v) is 6.46. The number of hydrogen-bond acceptors (Lipinski definition) is 3. The number of likely N-dealkylation sites (N-methyl/N-ethyl adjacent to an activating group) is 1. The summed E-state index contributed by atoms with van der Waals surface area (Å²) >= 11 is 0. The predicted molar refractivity (Wildman–Crippen MR) is 88.8 cm³/mol. The predicted octanol–water partition coefficient (Wildman–Crippen LogP) is 3.47. The van der Waals surface area contributed by atoms with Gasteiger partial charge in [-0.1, -0.05) is 32.9 Å². The van der Waals surface area contributed by atoms with Gasteiger partial charge in [0.05, 0.1) is 7.11 Å². The van der Waals surface area contributed by atoms with Crippen LogP contribution in [0.5, 0.6) is 5.75 Å². The van der Waals surface area contributed by atoms with Crippen molar-refractivity contribution >= 4 is 0 Å². The van der Waals surface area contributed by atoms with Crippen molar-refractivity contribution in [2.24, 2.45) is 5.92 Å². The monoisotopic (exact) mass is 290 g/mol. The van der Waals surface area contributed by atoms with Gasteiger partial charge in [0.25, 0.3) is 0 Å². The molecular formula is C18H30N2O. The van der Waals surface area contributed by atoms with Crippen LogP contribution in [0.1, 0.15) is 45.2 Å². The fourth-order valence-corrected chi connectivity index (χ4v) is 2.89. The van der Waals surface area contributed by atoms with Gasteiger partial charge in [-0.05, 0) is 43.0 Å². The van der Waals surface area contributed by atoms with Gasteiger partial charge in [0.1, 0.15) is 5.75 Å². The van der Waals surface area contributed by atoms with Crippen molar-refractivity contribution in [2.45, 2.75) is 45.7 Å². The molecule has 1 aliphatic rings. The Labute approximate surface area is 129 Å². The van der Waals surface area contributed by atoms with Crippen molar-refractivity contribution in [3.8, 4) is 5.75 Å². The molecule has 3 heteroatoms. The molecule has 0 bridgehead atoms. The Morgan fingerprint density at radius 2 is 1.86 bits per heavy atom. The number of ether oxygens (including phenoxy) is 1. The van der Waals surface area contributed by atoms with Gasteiger partial charge in [-0.25, -0.2) is 0 Å². The number of nitrogens with zero attached hydrogens (tertiary/aromatic N) is 1. The summed E-state index contributed by atoms with van der Waals surface area (Å²) in [7, 11) is 1.72. The van der Waals surface area contributed by atoms with Crippen LogP contribution in [0.15, 0.2) is 24.3 Å². The summed E-state index contributed by atoms with van der Waals surface area (Å²) in [6.45, 7) is 10.1. The smallest absolute Gasteiger partial charge is 0.118 e. The third kappa shape index (κ3) is 5.01. The summed E-state index contributed by atoms with van der Waals surface area (Å²) in [6, 6.07) is 9.71.